The normalized spacial score (nSPS) is 9.96. The minimum atomic E-state index is -0.913. The Morgan fingerprint density at radius 1 is 1.24 bits per heavy atom. The summed E-state index contributed by atoms with van der Waals surface area (Å²) < 4.78 is 9.70. The number of carbonyl (C=O) groups is 2. The molecule has 0 saturated heterocycles. The number of nitro groups is 1. The van der Waals surface area contributed by atoms with Crippen LogP contribution in [0.3, 0.4) is 0 Å². The summed E-state index contributed by atoms with van der Waals surface area (Å²) in [4.78, 5) is 39.0. The van der Waals surface area contributed by atoms with Crippen LogP contribution in [-0.2, 0) is 20.9 Å². The highest BCUT2D eigenvalue weighted by Gasteiger charge is 2.28. The zero-order valence-electron chi connectivity index (χ0n) is 13.3. The van der Waals surface area contributed by atoms with Gasteiger partial charge in [0.2, 0.25) is 0 Å². The fraction of sp³-hybridized carbons (Fsp3) is 0.188. The Labute approximate surface area is 142 Å². The molecule has 1 aromatic carbocycles. The zero-order chi connectivity index (χ0) is 18.2. The molecule has 9 heteroatoms. The van der Waals surface area contributed by atoms with Crippen molar-refractivity contribution in [2.75, 3.05) is 18.6 Å². The lowest BCUT2D eigenvalue weighted by Gasteiger charge is -2.20. The Bertz CT molecular complexity index is 765. The first-order chi connectivity index (χ1) is 12.0. The number of anilines is 1. The molecule has 1 heterocycles. The largest absolute Gasteiger partial charge is 0.468 e. The summed E-state index contributed by atoms with van der Waals surface area (Å²) in [5.41, 5.74) is 0.199. The molecule has 130 valence electrons. The molecule has 0 N–H and O–H groups in total. The molecule has 0 aliphatic heterocycles. The first-order valence-electron chi connectivity index (χ1n) is 7.16. The molecule has 2 rings (SSSR count). The highest BCUT2D eigenvalue weighted by Crippen LogP contribution is 2.27. The number of amides is 1. The predicted octanol–water partition coefficient (Wildman–Crippen LogP) is 2.31. The number of methoxy groups -OCH3 is 1. The Balaban J connectivity index is 2.25. The molecular weight excluding hydrogens is 330 g/mol. The number of hydrogen-bond acceptors (Lipinski definition) is 7. The maximum absolute atomic E-state index is 12.4. The second kappa shape index (κ2) is 8.39. The van der Waals surface area contributed by atoms with Crippen molar-refractivity contribution in [3.05, 3.63) is 64.5 Å². The van der Waals surface area contributed by atoms with Gasteiger partial charge in [-0.1, -0.05) is 30.3 Å². The molecule has 1 aromatic heterocycles. The average Bonchev–Trinajstić information content (AvgIpc) is 2.64. The van der Waals surface area contributed by atoms with Crippen molar-refractivity contribution in [3.8, 4) is 0 Å². The second-order valence-electron chi connectivity index (χ2n) is 4.82. The first kappa shape index (κ1) is 17.9. The van der Waals surface area contributed by atoms with Gasteiger partial charge in [0.15, 0.2) is 0 Å². The molecular formula is C16H15N3O6. The Hall–Kier alpha value is -3.49. The van der Waals surface area contributed by atoms with Gasteiger partial charge in [0, 0.05) is 6.20 Å². The number of esters is 1. The number of aromatic nitrogens is 1. The van der Waals surface area contributed by atoms with E-state index in [4.69, 9.17) is 4.74 Å². The van der Waals surface area contributed by atoms with Crippen LogP contribution in [0.2, 0.25) is 0 Å². The van der Waals surface area contributed by atoms with Crippen molar-refractivity contribution >= 4 is 23.4 Å². The topological polar surface area (TPSA) is 112 Å². The Morgan fingerprint density at radius 3 is 2.60 bits per heavy atom. The first-order valence-corrected chi connectivity index (χ1v) is 7.16. The second-order valence-corrected chi connectivity index (χ2v) is 4.82. The lowest BCUT2D eigenvalue weighted by Crippen LogP contribution is -2.37. The molecule has 0 radical (unpaired) electrons. The average molecular weight is 345 g/mol. The van der Waals surface area contributed by atoms with Gasteiger partial charge in [-0.25, -0.2) is 4.79 Å². The van der Waals surface area contributed by atoms with E-state index in [9.17, 15) is 19.7 Å². The van der Waals surface area contributed by atoms with Crippen molar-refractivity contribution in [2.45, 2.75) is 6.61 Å². The third kappa shape index (κ3) is 4.74. The van der Waals surface area contributed by atoms with Gasteiger partial charge in [-0.2, -0.15) is 0 Å². The third-order valence-electron chi connectivity index (χ3n) is 3.21. The third-order valence-corrected chi connectivity index (χ3v) is 3.21. The molecule has 0 unspecified atom stereocenters. The highest BCUT2D eigenvalue weighted by atomic mass is 16.6. The summed E-state index contributed by atoms with van der Waals surface area (Å²) in [6, 6.07) is 10.1. The maximum atomic E-state index is 12.4. The summed E-state index contributed by atoms with van der Waals surface area (Å²) in [5.74, 6) is -0.747. The minimum Gasteiger partial charge on any atom is -0.468 e. The molecule has 2 aromatic rings. The van der Waals surface area contributed by atoms with Crippen LogP contribution in [0.25, 0.3) is 0 Å². The van der Waals surface area contributed by atoms with Crippen LogP contribution in [-0.4, -0.2) is 35.6 Å². The number of ether oxygens (including phenoxy) is 2. The van der Waals surface area contributed by atoms with Crippen molar-refractivity contribution < 1.29 is 24.0 Å². The van der Waals surface area contributed by atoms with Gasteiger partial charge < -0.3 is 9.47 Å². The summed E-state index contributed by atoms with van der Waals surface area (Å²) >= 11 is 0. The lowest BCUT2D eigenvalue weighted by atomic mass is 10.2. The Morgan fingerprint density at radius 2 is 1.96 bits per heavy atom. The van der Waals surface area contributed by atoms with Crippen LogP contribution in [0, 0.1) is 10.1 Å². The number of rotatable bonds is 6. The maximum Gasteiger partial charge on any atom is 0.415 e. The molecule has 25 heavy (non-hydrogen) atoms. The molecule has 1 amide bonds. The molecule has 0 spiro atoms. The Kier molecular flexibility index (Phi) is 5.99. The number of carbonyl (C=O) groups excluding carboxylic acids is 2. The van der Waals surface area contributed by atoms with E-state index in [0.29, 0.717) is 0 Å². The van der Waals surface area contributed by atoms with Crippen LogP contribution in [0.1, 0.15) is 5.56 Å². The quantitative estimate of drug-likeness (QED) is 0.448. The fourth-order valence-corrected chi connectivity index (χ4v) is 1.99. The van der Waals surface area contributed by atoms with E-state index in [-0.39, 0.29) is 12.3 Å². The van der Waals surface area contributed by atoms with Gasteiger partial charge in [0.05, 0.1) is 12.0 Å². The van der Waals surface area contributed by atoms with Crippen molar-refractivity contribution in [1.29, 1.82) is 0 Å². The summed E-state index contributed by atoms with van der Waals surface area (Å²) in [6.07, 6.45) is 1.35. The van der Waals surface area contributed by atoms with Gasteiger partial charge in [-0.05, 0) is 11.6 Å². The van der Waals surface area contributed by atoms with Crippen LogP contribution < -0.4 is 4.90 Å². The summed E-state index contributed by atoms with van der Waals surface area (Å²) in [6.45, 7) is -0.578. The summed E-state index contributed by atoms with van der Waals surface area (Å²) in [5, 5.41) is 11.2. The van der Waals surface area contributed by atoms with Gasteiger partial charge in [0.1, 0.15) is 25.0 Å². The van der Waals surface area contributed by atoms with Crippen LogP contribution >= 0.6 is 0 Å². The molecule has 0 aliphatic rings. The number of pyridine rings is 1. The van der Waals surface area contributed by atoms with E-state index in [1.807, 2.05) is 6.07 Å². The van der Waals surface area contributed by atoms with E-state index in [0.717, 1.165) is 23.8 Å². The van der Waals surface area contributed by atoms with Crippen molar-refractivity contribution in [1.82, 2.24) is 4.98 Å². The van der Waals surface area contributed by atoms with Crippen molar-refractivity contribution in [2.24, 2.45) is 0 Å². The molecule has 9 nitrogen and oxygen atoms in total. The smallest absolute Gasteiger partial charge is 0.415 e. The van der Waals surface area contributed by atoms with E-state index >= 15 is 0 Å². The van der Waals surface area contributed by atoms with Crippen LogP contribution in [0.4, 0.5) is 16.2 Å². The molecule has 0 bridgehead atoms. The van der Waals surface area contributed by atoms with Crippen molar-refractivity contribution in [3.63, 3.8) is 0 Å². The van der Waals surface area contributed by atoms with Gasteiger partial charge in [-0.3, -0.25) is 24.8 Å². The fourth-order valence-electron chi connectivity index (χ4n) is 1.99. The van der Waals surface area contributed by atoms with Crippen LogP contribution in [0.15, 0.2) is 48.8 Å². The van der Waals surface area contributed by atoms with Crippen LogP contribution in [0.5, 0.6) is 0 Å². The van der Waals surface area contributed by atoms with Gasteiger partial charge >= 0.3 is 17.7 Å². The predicted molar refractivity (Wildman–Crippen MR) is 86.9 cm³/mol. The summed E-state index contributed by atoms with van der Waals surface area (Å²) in [7, 11) is 1.15. The molecule has 0 atom stereocenters. The number of nitrogens with zero attached hydrogens (tertiary/aromatic N) is 3. The highest BCUT2D eigenvalue weighted by molar-refractivity contribution is 5.95. The molecule has 0 saturated carbocycles. The van der Waals surface area contributed by atoms with Gasteiger partial charge in [-0.15, -0.1) is 0 Å². The molecule has 0 fully saturated rings. The van der Waals surface area contributed by atoms with E-state index in [2.05, 4.69) is 9.72 Å². The molecule has 0 aliphatic carbocycles. The van der Waals surface area contributed by atoms with E-state index in [1.54, 1.807) is 24.3 Å². The lowest BCUT2D eigenvalue weighted by molar-refractivity contribution is -0.384. The standard InChI is InChI=1S/C16H15N3O6/c1-24-15(20)10-18(13-7-8-17-9-14(13)19(22)23)16(21)25-11-12-5-3-2-4-6-12/h2-9H,10-11H2,1H3. The number of hydrogen-bond donors (Lipinski definition) is 0. The minimum absolute atomic E-state index is 0.0454. The number of benzene rings is 1. The monoisotopic (exact) mass is 345 g/mol. The van der Waals surface area contributed by atoms with E-state index in [1.165, 1.54) is 12.3 Å². The van der Waals surface area contributed by atoms with E-state index < -0.39 is 29.2 Å². The SMILES string of the molecule is COC(=O)CN(C(=O)OCc1ccccc1)c1ccncc1[N+](=O)[O-]. The van der Waals surface area contributed by atoms with Gasteiger partial charge in [0.25, 0.3) is 0 Å². The zero-order valence-corrected chi connectivity index (χ0v) is 13.3.